The maximum atomic E-state index is 13.0. The fourth-order valence-corrected chi connectivity index (χ4v) is 4.92. The average Bonchev–Trinajstić information content (AvgIpc) is 3.33. The minimum Gasteiger partial charge on any atom is -0.360 e. The molecule has 2 atom stereocenters. The number of hydrogen-bond acceptors (Lipinski definition) is 2. The van der Waals surface area contributed by atoms with E-state index in [9.17, 15) is 4.79 Å². The molecule has 4 rings (SSSR count). The molecule has 3 aromatic rings. The molecule has 0 spiro atoms. The first-order chi connectivity index (χ1) is 11.8. The summed E-state index contributed by atoms with van der Waals surface area (Å²) in [4.78, 5) is 19.1. The average molecular weight is 339 g/mol. The third-order valence-electron chi connectivity index (χ3n) is 5.24. The molecule has 24 heavy (non-hydrogen) atoms. The Morgan fingerprint density at radius 3 is 3.04 bits per heavy atom. The first-order valence-corrected chi connectivity index (χ1v) is 9.66. The van der Waals surface area contributed by atoms with Crippen LogP contribution < -0.4 is 4.90 Å². The summed E-state index contributed by atoms with van der Waals surface area (Å²) in [6, 6.07) is 11.1. The monoisotopic (exact) mass is 339 g/mol. The van der Waals surface area contributed by atoms with E-state index in [2.05, 4.69) is 47.6 Å². The van der Waals surface area contributed by atoms with Gasteiger partial charge in [0.1, 0.15) is 12.6 Å². The number of Topliss-reactive ketones (excluding diaryl/α,β-unsaturated/α-hetero) is 1. The van der Waals surface area contributed by atoms with Crippen LogP contribution in [0.25, 0.3) is 10.9 Å². The normalized spacial score (nSPS) is 20.7. The molecule has 2 aromatic heterocycles. The third-order valence-corrected chi connectivity index (χ3v) is 6.23. The van der Waals surface area contributed by atoms with E-state index in [1.54, 1.807) is 0 Å². The molecule has 0 saturated carbocycles. The number of ketones is 1. The predicted octanol–water partition coefficient (Wildman–Crippen LogP) is 3.39. The summed E-state index contributed by atoms with van der Waals surface area (Å²) in [5.41, 5.74) is 3.25. The van der Waals surface area contributed by atoms with E-state index in [1.807, 2.05) is 17.5 Å². The van der Waals surface area contributed by atoms with E-state index < -0.39 is 0 Å². The van der Waals surface area contributed by atoms with Crippen LogP contribution in [0.5, 0.6) is 0 Å². The fraction of sp³-hybridized carbons (Fsp3) is 0.350. The molecular weight excluding hydrogens is 316 g/mol. The number of rotatable bonds is 5. The molecule has 124 valence electrons. The molecule has 1 unspecified atom stereocenters. The van der Waals surface area contributed by atoms with Crippen LogP contribution in [0.3, 0.4) is 0 Å². The summed E-state index contributed by atoms with van der Waals surface area (Å²) >= 11 is 1.82. The first kappa shape index (κ1) is 15.6. The van der Waals surface area contributed by atoms with Crippen LogP contribution in [0.1, 0.15) is 46.6 Å². The number of para-hydroxylation sites is 1. The molecule has 1 fully saturated rings. The van der Waals surface area contributed by atoms with E-state index >= 15 is 0 Å². The molecule has 4 heteroatoms. The van der Waals surface area contributed by atoms with Crippen molar-refractivity contribution in [2.45, 2.75) is 32.2 Å². The van der Waals surface area contributed by atoms with Gasteiger partial charge in [0.15, 0.2) is 0 Å². The highest BCUT2D eigenvalue weighted by atomic mass is 32.1. The van der Waals surface area contributed by atoms with Crippen molar-refractivity contribution in [2.24, 2.45) is 0 Å². The maximum Gasteiger partial charge on any atom is 0.219 e. The lowest BCUT2D eigenvalue weighted by molar-refractivity contribution is -0.909. The quantitative estimate of drug-likeness (QED) is 0.687. The molecule has 0 radical (unpaired) electrons. The summed E-state index contributed by atoms with van der Waals surface area (Å²) in [5.74, 6) is 0.257. The molecular formula is C20H23N2OS+. The Labute approximate surface area is 146 Å². The number of aromatic amines is 1. The van der Waals surface area contributed by atoms with Gasteiger partial charge in [0.05, 0.1) is 11.4 Å². The Balaban J connectivity index is 1.58. The van der Waals surface area contributed by atoms with Crippen molar-refractivity contribution in [3.63, 3.8) is 0 Å². The van der Waals surface area contributed by atoms with Gasteiger partial charge in [-0.3, -0.25) is 4.79 Å². The third kappa shape index (κ3) is 2.70. The van der Waals surface area contributed by atoms with Crippen LogP contribution in [-0.2, 0) is 6.42 Å². The van der Waals surface area contributed by atoms with Crippen LogP contribution >= 0.6 is 11.3 Å². The van der Waals surface area contributed by atoms with Crippen LogP contribution in [0.4, 0.5) is 0 Å². The van der Waals surface area contributed by atoms with Gasteiger partial charge in [-0.1, -0.05) is 31.2 Å². The number of carbonyl (C=O) groups is 1. The lowest BCUT2D eigenvalue weighted by Crippen LogP contribution is -3.11. The number of H-pyrrole nitrogens is 1. The summed E-state index contributed by atoms with van der Waals surface area (Å²) in [5, 5.41) is 3.21. The van der Waals surface area contributed by atoms with Crippen LogP contribution in [0, 0.1) is 0 Å². The predicted molar refractivity (Wildman–Crippen MR) is 99.0 cm³/mol. The first-order valence-electron chi connectivity index (χ1n) is 8.78. The Hall–Kier alpha value is -1.91. The summed E-state index contributed by atoms with van der Waals surface area (Å²) in [6.45, 7) is 3.83. The molecule has 3 nitrogen and oxygen atoms in total. The summed E-state index contributed by atoms with van der Waals surface area (Å²) in [7, 11) is 0. The molecule has 1 aliphatic rings. The van der Waals surface area contributed by atoms with Crippen molar-refractivity contribution in [1.82, 2.24) is 4.98 Å². The molecule has 2 N–H and O–H groups in total. The number of carbonyl (C=O) groups excluding carboxylic acids is 1. The van der Waals surface area contributed by atoms with Crippen molar-refractivity contribution >= 4 is 28.0 Å². The van der Waals surface area contributed by atoms with E-state index in [4.69, 9.17) is 0 Å². The van der Waals surface area contributed by atoms with Gasteiger partial charge in [0, 0.05) is 35.5 Å². The lowest BCUT2D eigenvalue weighted by atomic mass is 10.0. The number of likely N-dealkylation sites (tertiary alicyclic amines) is 1. The zero-order chi connectivity index (χ0) is 16.5. The molecule has 0 bridgehead atoms. The second kappa shape index (κ2) is 6.54. The molecule has 3 heterocycles. The minimum atomic E-state index is 0.257. The SMILES string of the molecule is CCc1cccc2c(C(=O)C[NH+]3CCC[C@H]3c3cccs3)c[nH]c12. The molecule has 1 aromatic carbocycles. The zero-order valence-electron chi connectivity index (χ0n) is 14.0. The van der Waals surface area contributed by atoms with Gasteiger partial charge < -0.3 is 9.88 Å². The molecule has 0 amide bonds. The number of nitrogens with one attached hydrogen (secondary N) is 2. The van der Waals surface area contributed by atoms with Gasteiger partial charge in [-0.05, 0) is 23.4 Å². The van der Waals surface area contributed by atoms with Gasteiger partial charge in [0.25, 0.3) is 0 Å². The molecule has 1 saturated heterocycles. The fourth-order valence-electron chi connectivity index (χ4n) is 4.00. The van der Waals surface area contributed by atoms with Gasteiger partial charge in [-0.15, -0.1) is 11.3 Å². The second-order valence-electron chi connectivity index (χ2n) is 6.61. The van der Waals surface area contributed by atoms with Crippen LogP contribution in [0.15, 0.2) is 41.9 Å². The highest BCUT2D eigenvalue weighted by Gasteiger charge is 2.32. The summed E-state index contributed by atoms with van der Waals surface area (Å²) in [6.07, 6.45) is 5.28. The van der Waals surface area contributed by atoms with Crippen LogP contribution in [-0.4, -0.2) is 23.9 Å². The Kier molecular flexibility index (Phi) is 4.25. The lowest BCUT2D eigenvalue weighted by Gasteiger charge is -2.19. The van der Waals surface area contributed by atoms with Crippen molar-refractivity contribution in [2.75, 3.05) is 13.1 Å². The van der Waals surface area contributed by atoms with E-state index in [0.29, 0.717) is 12.6 Å². The van der Waals surface area contributed by atoms with Crippen molar-refractivity contribution in [3.8, 4) is 0 Å². The molecule has 0 aliphatic carbocycles. The number of fused-ring (bicyclic) bond motifs is 1. The van der Waals surface area contributed by atoms with E-state index in [0.717, 1.165) is 29.4 Å². The number of benzene rings is 1. The van der Waals surface area contributed by atoms with Crippen molar-refractivity contribution in [3.05, 3.63) is 57.9 Å². The number of hydrogen-bond donors (Lipinski definition) is 2. The minimum absolute atomic E-state index is 0.257. The number of aryl methyl sites for hydroxylation is 1. The number of quaternary nitrogens is 1. The van der Waals surface area contributed by atoms with Gasteiger partial charge in [0.2, 0.25) is 5.78 Å². The zero-order valence-corrected chi connectivity index (χ0v) is 14.8. The standard InChI is InChI=1S/C20H22N2OS/c1-2-14-6-3-7-15-16(12-21-20(14)15)18(23)13-22-10-4-8-17(22)19-9-5-11-24-19/h3,5-7,9,11-12,17,21H,2,4,8,10,13H2,1H3/p+1/t17-/m0/s1. The highest BCUT2D eigenvalue weighted by molar-refractivity contribution is 7.10. The number of aromatic nitrogens is 1. The van der Waals surface area contributed by atoms with E-state index in [1.165, 1.54) is 28.2 Å². The molecule has 1 aliphatic heterocycles. The Morgan fingerprint density at radius 1 is 1.33 bits per heavy atom. The van der Waals surface area contributed by atoms with Gasteiger partial charge in [-0.25, -0.2) is 0 Å². The van der Waals surface area contributed by atoms with Gasteiger partial charge in [-0.2, -0.15) is 0 Å². The topological polar surface area (TPSA) is 37.3 Å². The van der Waals surface area contributed by atoms with Crippen LogP contribution in [0.2, 0.25) is 0 Å². The van der Waals surface area contributed by atoms with Crippen molar-refractivity contribution in [1.29, 1.82) is 0 Å². The Bertz CT molecular complexity index is 850. The smallest absolute Gasteiger partial charge is 0.219 e. The van der Waals surface area contributed by atoms with Crippen molar-refractivity contribution < 1.29 is 9.69 Å². The highest BCUT2D eigenvalue weighted by Crippen LogP contribution is 2.25. The second-order valence-corrected chi connectivity index (χ2v) is 7.59. The largest absolute Gasteiger partial charge is 0.360 e. The Morgan fingerprint density at radius 2 is 2.25 bits per heavy atom. The number of thiophene rings is 1. The summed E-state index contributed by atoms with van der Waals surface area (Å²) < 4.78 is 0. The van der Waals surface area contributed by atoms with Gasteiger partial charge >= 0.3 is 0 Å². The van der Waals surface area contributed by atoms with E-state index in [-0.39, 0.29) is 5.78 Å². The maximum absolute atomic E-state index is 13.0.